The number of hydrogen-bond donors (Lipinski definition) is 1. The number of anilines is 1. The molecule has 1 heterocycles. The first-order chi connectivity index (χ1) is 7.72. The molecule has 0 aliphatic heterocycles. The van der Waals surface area contributed by atoms with Crippen LogP contribution in [0.5, 0.6) is 0 Å². The zero-order valence-corrected chi connectivity index (χ0v) is 9.64. The van der Waals surface area contributed by atoms with E-state index >= 15 is 0 Å². The zero-order chi connectivity index (χ0) is 11.5. The first kappa shape index (κ1) is 10.9. The minimum atomic E-state index is 0.416. The van der Waals surface area contributed by atoms with Gasteiger partial charge in [-0.05, 0) is 30.7 Å². The SMILES string of the molecule is CC1CCC(Nc2nnccc2C#N)C1C. The summed E-state index contributed by atoms with van der Waals surface area (Å²) in [5.74, 6) is 1.98. The molecular weight excluding hydrogens is 200 g/mol. The Labute approximate surface area is 95.7 Å². The molecule has 0 amide bonds. The smallest absolute Gasteiger partial charge is 0.166 e. The summed E-state index contributed by atoms with van der Waals surface area (Å²) in [6.45, 7) is 4.52. The second-order valence-corrected chi connectivity index (χ2v) is 4.57. The third-order valence-electron chi connectivity index (χ3n) is 3.63. The van der Waals surface area contributed by atoms with Gasteiger partial charge in [0.25, 0.3) is 0 Å². The van der Waals surface area contributed by atoms with Gasteiger partial charge < -0.3 is 5.32 Å². The van der Waals surface area contributed by atoms with Gasteiger partial charge in [-0.25, -0.2) is 0 Å². The van der Waals surface area contributed by atoms with Gasteiger partial charge in [-0.1, -0.05) is 13.8 Å². The highest BCUT2D eigenvalue weighted by Crippen LogP contribution is 2.33. The number of nitrogens with zero attached hydrogens (tertiary/aromatic N) is 3. The lowest BCUT2D eigenvalue weighted by atomic mass is 9.98. The van der Waals surface area contributed by atoms with Crippen LogP contribution in [0.2, 0.25) is 0 Å². The van der Waals surface area contributed by atoms with Crippen LogP contribution < -0.4 is 5.32 Å². The predicted octanol–water partition coefficient (Wildman–Crippen LogP) is 2.19. The van der Waals surface area contributed by atoms with Gasteiger partial charge in [0.15, 0.2) is 5.82 Å². The Hall–Kier alpha value is -1.63. The summed E-state index contributed by atoms with van der Waals surface area (Å²) in [6, 6.07) is 4.24. The largest absolute Gasteiger partial charge is 0.364 e. The molecule has 0 saturated heterocycles. The molecule has 2 rings (SSSR count). The average molecular weight is 216 g/mol. The molecule has 1 aliphatic rings. The highest BCUT2D eigenvalue weighted by Gasteiger charge is 2.30. The Morgan fingerprint density at radius 1 is 1.44 bits per heavy atom. The van der Waals surface area contributed by atoms with E-state index in [0.29, 0.717) is 23.3 Å². The highest BCUT2D eigenvalue weighted by molar-refractivity contribution is 5.50. The van der Waals surface area contributed by atoms with Crippen LogP contribution in [0, 0.1) is 23.2 Å². The van der Waals surface area contributed by atoms with Crippen molar-refractivity contribution in [2.24, 2.45) is 11.8 Å². The van der Waals surface area contributed by atoms with Crippen LogP contribution in [0.1, 0.15) is 32.3 Å². The van der Waals surface area contributed by atoms with E-state index in [-0.39, 0.29) is 0 Å². The lowest BCUT2D eigenvalue weighted by Gasteiger charge is -2.20. The van der Waals surface area contributed by atoms with Gasteiger partial charge in [-0.15, -0.1) is 5.10 Å². The van der Waals surface area contributed by atoms with E-state index < -0.39 is 0 Å². The molecule has 1 fully saturated rings. The zero-order valence-electron chi connectivity index (χ0n) is 9.64. The Bertz CT molecular complexity index is 410. The minimum Gasteiger partial charge on any atom is -0.364 e. The standard InChI is InChI=1S/C12H16N4/c1-8-3-4-11(9(8)2)15-12-10(7-13)5-6-14-16-12/h5-6,8-9,11H,3-4H2,1-2H3,(H,15,16). The summed E-state index contributed by atoms with van der Waals surface area (Å²) in [6.07, 6.45) is 3.93. The van der Waals surface area contributed by atoms with Crippen molar-refractivity contribution in [2.45, 2.75) is 32.7 Å². The number of hydrogen-bond acceptors (Lipinski definition) is 4. The maximum atomic E-state index is 8.95. The van der Waals surface area contributed by atoms with Crippen LogP contribution in [0.15, 0.2) is 12.3 Å². The fraction of sp³-hybridized carbons (Fsp3) is 0.583. The molecule has 1 aliphatic carbocycles. The second-order valence-electron chi connectivity index (χ2n) is 4.57. The van der Waals surface area contributed by atoms with Crippen LogP contribution in [-0.4, -0.2) is 16.2 Å². The van der Waals surface area contributed by atoms with Gasteiger partial charge in [-0.3, -0.25) is 0 Å². The lowest BCUT2D eigenvalue weighted by molar-refractivity contribution is 0.435. The van der Waals surface area contributed by atoms with E-state index in [2.05, 4.69) is 35.4 Å². The molecule has 16 heavy (non-hydrogen) atoms. The third-order valence-corrected chi connectivity index (χ3v) is 3.63. The van der Waals surface area contributed by atoms with Crippen LogP contribution >= 0.6 is 0 Å². The second kappa shape index (κ2) is 4.48. The Balaban J connectivity index is 2.13. The van der Waals surface area contributed by atoms with Crippen molar-refractivity contribution in [1.29, 1.82) is 5.26 Å². The Morgan fingerprint density at radius 2 is 2.25 bits per heavy atom. The fourth-order valence-corrected chi connectivity index (χ4v) is 2.27. The molecule has 0 radical (unpaired) electrons. The van der Waals surface area contributed by atoms with E-state index in [0.717, 1.165) is 12.3 Å². The molecule has 0 bridgehead atoms. The van der Waals surface area contributed by atoms with Crippen molar-refractivity contribution in [3.8, 4) is 6.07 Å². The topological polar surface area (TPSA) is 61.6 Å². The van der Waals surface area contributed by atoms with Crippen LogP contribution in [-0.2, 0) is 0 Å². The minimum absolute atomic E-state index is 0.416. The van der Waals surface area contributed by atoms with E-state index in [1.807, 2.05) is 0 Å². The molecule has 4 nitrogen and oxygen atoms in total. The molecule has 1 aromatic heterocycles. The van der Waals surface area contributed by atoms with Crippen molar-refractivity contribution in [3.05, 3.63) is 17.8 Å². The van der Waals surface area contributed by atoms with Crippen molar-refractivity contribution < 1.29 is 0 Å². The van der Waals surface area contributed by atoms with Gasteiger partial charge >= 0.3 is 0 Å². The van der Waals surface area contributed by atoms with E-state index in [9.17, 15) is 0 Å². The monoisotopic (exact) mass is 216 g/mol. The Kier molecular flexibility index (Phi) is 3.04. The molecule has 84 valence electrons. The predicted molar refractivity (Wildman–Crippen MR) is 61.7 cm³/mol. The molecule has 3 unspecified atom stereocenters. The van der Waals surface area contributed by atoms with Crippen molar-refractivity contribution in [2.75, 3.05) is 5.32 Å². The first-order valence-electron chi connectivity index (χ1n) is 5.70. The van der Waals surface area contributed by atoms with Crippen LogP contribution in [0.25, 0.3) is 0 Å². The summed E-state index contributed by atoms with van der Waals surface area (Å²) < 4.78 is 0. The van der Waals surface area contributed by atoms with Gasteiger partial charge in [0, 0.05) is 6.04 Å². The summed E-state index contributed by atoms with van der Waals surface area (Å²) in [5.41, 5.74) is 0.571. The summed E-state index contributed by atoms with van der Waals surface area (Å²) in [4.78, 5) is 0. The van der Waals surface area contributed by atoms with Crippen molar-refractivity contribution in [3.63, 3.8) is 0 Å². The summed E-state index contributed by atoms with van der Waals surface area (Å²) in [7, 11) is 0. The van der Waals surface area contributed by atoms with Gasteiger partial charge in [0.1, 0.15) is 6.07 Å². The summed E-state index contributed by atoms with van der Waals surface area (Å²) in [5, 5.41) is 20.1. The van der Waals surface area contributed by atoms with E-state index in [1.165, 1.54) is 6.42 Å². The average Bonchev–Trinajstić information content (AvgIpc) is 2.62. The van der Waals surface area contributed by atoms with Crippen LogP contribution in [0.4, 0.5) is 5.82 Å². The number of aromatic nitrogens is 2. The molecule has 1 N–H and O–H groups in total. The quantitative estimate of drug-likeness (QED) is 0.823. The normalized spacial score (nSPS) is 28.7. The molecule has 4 heteroatoms. The Morgan fingerprint density at radius 3 is 2.88 bits per heavy atom. The number of nitrogens with one attached hydrogen (secondary N) is 1. The first-order valence-corrected chi connectivity index (χ1v) is 5.70. The molecule has 1 aromatic rings. The number of rotatable bonds is 2. The van der Waals surface area contributed by atoms with Gasteiger partial charge in [0.2, 0.25) is 0 Å². The van der Waals surface area contributed by atoms with Crippen molar-refractivity contribution in [1.82, 2.24) is 10.2 Å². The van der Waals surface area contributed by atoms with Gasteiger partial charge in [-0.2, -0.15) is 10.4 Å². The van der Waals surface area contributed by atoms with Crippen molar-refractivity contribution >= 4 is 5.82 Å². The number of nitriles is 1. The molecule has 0 aromatic carbocycles. The molecule has 1 saturated carbocycles. The third kappa shape index (κ3) is 1.99. The highest BCUT2D eigenvalue weighted by atomic mass is 15.2. The molecule has 0 spiro atoms. The van der Waals surface area contributed by atoms with E-state index in [4.69, 9.17) is 5.26 Å². The van der Waals surface area contributed by atoms with E-state index in [1.54, 1.807) is 12.3 Å². The fourth-order valence-electron chi connectivity index (χ4n) is 2.27. The maximum absolute atomic E-state index is 8.95. The summed E-state index contributed by atoms with van der Waals surface area (Å²) >= 11 is 0. The lowest BCUT2D eigenvalue weighted by Crippen LogP contribution is -2.25. The molecule has 3 atom stereocenters. The van der Waals surface area contributed by atoms with Crippen LogP contribution in [0.3, 0.4) is 0 Å². The van der Waals surface area contributed by atoms with Gasteiger partial charge in [0.05, 0.1) is 11.8 Å². The maximum Gasteiger partial charge on any atom is 0.166 e. The molecular formula is C12H16N4.